The van der Waals surface area contributed by atoms with Crippen LogP contribution in [0.25, 0.3) is 0 Å². The third-order valence-electron chi connectivity index (χ3n) is 5.44. The lowest BCUT2D eigenvalue weighted by Gasteiger charge is -2.26. The number of hydrogen-bond donors (Lipinski definition) is 1. The SMILES string of the molecule is O=C1CC[C@@H](CCNCc2ccccc2F)N1CCC1=CCCCC1. The lowest BCUT2D eigenvalue weighted by atomic mass is 9.97. The van der Waals surface area contributed by atoms with Crippen LogP contribution in [-0.2, 0) is 11.3 Å². The second kappa shape index (κ2) is 9.14. The van der Waals surface area contributed by atoms with Crippen molar-refractivity contribution in [2.45, 2.75) is 64.0 Å². The monoisotopic (exact) mass is 344 g/mol. The lowest BCUT2D eigenvalue weighted by molar-refractivity contribution is -0.129. The maximum atomic E-state index is 13.6. The number of nitrogens with one attached hydrogen (secondary N) is 1. The van der Waals surface area contributed by atoms with E-state index in [1.165, 1.54) is 37.3 Å². The van der Waals surface area contributed by atoms with E-state index in [-0.39, 0.29) is 5.82 Å². The van der Waals surface area contributed by atoms with Crippen LogP contribution in [0.15, 0.2) is 35.9 Å². The molecule has 1 aliphatic carbocycles. The van der Waals surface area contributed by atoms with Gasteiger partial charge in [0.1, 0.15) is 5.82 Å². The first kappa shape index (κ1) is 18.1. The summed E-state index contributed by atoms with van der Waals surface area (Å²) >= 11 is 0. The molecule has 3 nitrogen and oxygen atoms in total. The Hall–Kier alpha value is -1.68. The smallest absolute Gasteiger partial charge is 0.222 e. The molecule has 1 fully saturated rings. The molecule has 1 atom stereocenters. The van der Waals surface area contributed by atoms with Crippen molar-refractivity contribution in [1.29, 1.82) is 0 Å². The molecule has 1 amide bonds. The Morgan fingerprint density at radius 3 is 2.88 bits per heavy atom. The molecule has 1 aromatic carbocycles. The van der Waals surface area contributed by atoms with Crippen molar-refractivity contribution in [2.75, 3.05) is 13.1 Å². The van der Waals surface area contributed by atoms with Gasteiger partial charge >= 0.3 is 0 Å². The number of amides is 1. The van der Waals surface area contributed by atoms with Crippen molar-refractivity contribution in [3.8, 4) is 0 Å². The van der Waals surface area contributed by atoms with E-state index in [0.717, 1.165) is 32.4 Å². The van der Waals surface area contributed by atoms with E-state index in [4.69, 9.17) is 0 Å². The molecule has 0 radical (unpaired) electrons. The van der Waals surface area contributed by atoms with Crippen LogP contribution in [0.3, 0.4) is 0 Å². The number of likely N-dealkylation sites (tertiary alicyclic amines) is 1. The van der Waals surface area contributed by atoms with Gasteiger partial charge < -0.3 is 10.2 Å². The number of hydrogen-bond acceptors (Lipinski definition) is 2. The number of carbonyl (C=O) groups excluding carboxylic acids is 1. The molecule has 4 heteroatoms. The Morgan fingerprint density at radius 1 is 1.20 bits per heavy atom. The van der Waals surface area contributed by atoms with E-state index >= 15 is 0 Å². The van der Waals surface area contributed by atoms with E-state index in [1.54, 1.807) is 6.07 Å². The highest BCUT2D eigenvalue weighted by Crippen LogP contribution is 2.25. The number of benzene rings is 1. The standard InChI is InChI=1S/C21H29FN2O/c22-20-9-5-4-8-18(20)16-23-14-12-19-10-11-21(25)24(19)15-13-17-6-2-1-3-7-17/h4-6,8-9,19,23H,1-3,7,10-16H2/t19-/m0/s1. The Balaban J connectivity index is 1.42. The largest absolute Gasteiger partial charge is 0.339 e. The summed E-state index contributed by atoms with van der Waals surface area (Å²) in [7, 11) is 0. The van der Waals surface area contributed by atoms with Crippen molar-refractivity contribution in [2.24, 2.45) is 0 Å². The van der Waals surface area contributed by atoms with Crippen LogP contribution in [0.5, 0.6) is 0 Å². The van der Waals surface area contributed by atoms with Gasteiger partial charge in [0.15, 0.2) is 0 Å². The minimum atomic E-state index is -0.159. The number of rotatable bonds is 8. The molecular weight excluding hydrogens is 315 g/mol. The predicted octanol–water partition coefficient (Wildman–Crippen LogP) is 4.19. The molecule has 136 valence electrons. The molecule has 1 aliphatic heterocycles. The zero-order valence-electron chi connectivity index (χ0n) is 15.0. The fourth-order valence-corrected chi connectivity index (χ4v) is 3.93. The van der Waals surface area contributed by atoms with E-state index < -0.39 is 0 Å². The highest BCUT2D eigenvalue weighted by atomic mass is 19.1. The molecule has 0 aromatic heterocycles. The zero-order chi connectivity index (χ0) is 17.5. The van der Waals surface area contributed by atoms with Gasteiger partial charge in [-0.25, -0.2) is 4.39 Å². The van der Waals surface area contributed by atoms with Gasteiger partial charge in [-0.05, 0) is 57.6 Å². The third kappa shape index (κ3) is 5.15. The molecule has 1 heterocycles. The summed E-state index contributed by atoms with van der Waals surface area (Å²) in [4.78, 5) is 14.3. The van der Waals surface area contributed by atoms with Crippen LogP contribution in [-0.4, -0.2) is 29.9 Å². The normalized spacial score (nSPS) is 20.8. The van der Waals surface area contributed by atoms with Gasteiger partial charge in [-0.1, -0.05) is 29.8 Å². The van der Waals surface area contributed by atoms with Crippen molar-refractivity contribution in [3.05, 3.63) is 47.3 Å². The average Bonchev–Trinajstić information content (AvgIpc) is 2.99. The maximum Gasteiger partial charge on any atom is 0.222 e. The van der Waals surface area contributed by atoms with E-state index in [9.17, 15) is 9.18 Å². The summed E-state index contributed by atoms with van der Waals surface area (Å²) in [6.07, 6.45) is 11.0. The predicted molar refractivity (Wildman–Crippen MR) is 98.6 cm³/mol. The average molecular weight is 344 g/mol. The van der Waals surface area contributed by atoms with E-state index in [2.05, 4.69) is 16.3 Å². The van der Waals surface area contributed by atoms with Gasteiger partial charge in [0, 0.05) is 31.1 Å². The molecule has 25 heavy (non-hydrogen) atoms. The molecule has 0 bridgehead atoms. The van der Waals surface area contributed by atoms with Gasteiger partial charge in [0.2, 0.25) is 5.91 Å². The highest BCUT2D eigenvalue weighted by molar-refractivity contribution is 5.78. The molecule has 3 rings (SSSR count). The zero-order valence-corrected chi connectivity index (χ0v) is 15.0. The molecule has 1 N–H and O–H groups in total. The third-order valence-corrected chi connectivity index (χ3v) is 5.44. The molecular formula is C21H29FN2O. The summed E-state index contributed by atoms with van der Waals surface area (Å²) in [5.74, 6) is 0.143. The van der Waals surface area contributed by atoms with Gasteiger partial charge in [-0.2, -0.15) is 0 Å². The summed E-state index contributed by atoms with van der Waals surface area (Å²) in [5, 5.41) is 3.32. The Labute approximate surface area is 150 Å². The second-order valence-corrected chi connectivity index (χ2v) is 7.19. The molecule has 0 unspecified atom stereocenters. The van der Waals surface area contributed by atoms with Crippen LogP contribution in [0.4, 0.5) is 4.39 Å². The highest BCUT2D eigenvalue weighted by Gasteiger charge is 2.30. The first-order valence-electron chi connectivity index (χ1n) is 9.65. The minimum Gasteiger partial charge on any atom is -0.339 e. The number of halogens is 1. The number of allylic oxidation sites excluding steroid dienone is 1. The van der Waals surface area contributed by atoms with E-state index in [0.29, 0.717) is 30.5 Å². The summed E-state index contributed by atoms with van der Waals surface area (Å²) in [6.45, 7) is 2.22. The molecule has 1 aromatic rings. The van der Waals surface area contributed by atoms with Gasteiger partial charge in [-0.15, -0.1) is 0 Å². The van der Waals surface area contributed by atoms with Gasteiger partial charge in [-0.3, -0.25) is 4.79 Å². The Kier molecular flexibility index (Phi) is 6.62. The second-order valence-electron chi connectivity index (χ2n) is 7.19. The van der Waals surface area contributed by atoms with Crippen LogP contribution in [0.1, 0.15) is 56.9 Å². The summed E-state index contributed by atoms with van der Waals surface area (Å²) < 4.78 is 13.6. The van der Waals surface area contributed by atoms with Crippen LogP contribution in [0, 0.1) is 5.82 Å². The van der Waals surface area contributed by atoms with Crippen LogP contribution < -0.4 is 5.32 Å². The van der Waals surface area contributed by atoms with Gasteiger partial charge in [0.05, 0.1) is 0 Å². The quantitative estimate of drug-likeness (QED) is 0.566. The van der Waals surface area contributed by atoms with Crippen molar-refractivity contribution in [1.82, 2.24) is 10.2 Å². The molecule has 0 saturated carbocycles. The Bertz CT molecular complexity index is 614. The molecule has 2 aliphatic rings. The summed E-state index contributed by atoms with van der Waals surface area (Å²) in [6, 6.07) is 7.21. The van der Waals surface area contributed by atoms with Crippen molar-refractivity contribution >= 4 is 5.91 Å². The minimum absolute atomic E-state index is 0.159. The Morgan fingerprint density at radius 2 is 2.08 bits per heavy atom. The van der Waals surface area contributed by atoms with Gasteiger partial charge in [0.25, 0.3) is 0 Å². The summed E-state index contributed by atoms with van der Waals surface area (Å²) in [5.41, 5.74) is 2.23. The first-order chi connectivity index (χ1) is 12.2. The maximum absolute atomic E-state index is 13.6. The molecule has 0 spiro atoms. The van der Waals surface area contributed by atoms with Crippen LogP contribution >= 0.6 is 0 Å². The number of carbonyl (C=O) groups is 1. The van der Waals surface area contributed by atoms with E-state index in [1.807, 2.05) is 12.1 Å². The topological polar surface area (TPSA) is 32.3 Å². The van der Waals surface area contributed by atoms with Crippen molar-refractivity contribution in [3.63, 3.8) is 0 Å². The van der Waals surface area contributed by atoms with Crippen molar-refractivity contribution < 1.29 is 9.18 Å². The van der Waals surface area contributed by atoms with Crippen LogP contribution in [0.2, 0.25) is 0 Å². The fraction of sp³-hybridized carbons (Fsp3) is 0.571. The lowest BCUT2D eigenvalue weighted by Crippen LogP contribution is -2.36. The fourth-order valence-electron chi connectivity index (χ4n) is 3.93. The first-order valence-corrected chi connectivity index (χ1v) is 9.65. The number of nitrogens with zero attached hydrogens (tertiary/aromatic N) is 1. The molecule has 1 saturated heterocycles.